The van der Waals surface area contributed by atoms with Gasteiger partial charge in [0.1, 0.15) is 18.3 Å². The third-order valence-corrected chi connectivity index (χ3v) is 9.85. The predicted molar refractivity (Wildman–Crippen MR) is 175 cm³/mol. The number of hydrogen-bond donors (Lipinski definition) is 1. The Bertz CT molecular complexity index is 1550. The quantitative estimate of drug-likeness (QED) is 0.209. The van der Waals surface area contributed by atoms with Crippen LogP contribution >= 0.6 is 39.1 Å². The molecule has 3 aromatic rings. The highest BCUT2D eigenvalue weighted by Gasteiger charge is 2.34. The first-order chi connectivity index (χ1) is 20.3. The number of amides is 2. The summed E-state index contributed by atoms with van der Waals surface area (Å²) in [6.07, 6.45) is 0.305. The topological polar surface area (TPSA) is 96.0 Å². The lowest BCUT2D eigenvalue weighted by Crippen LogP contribution is -2.52. The number of ether oxygens (including phenoxy) is 1. The Hall–Kier alpha value is -2.79. The number of carbonyl (C=O) groups is 2. The van der Waals surface area contributed by atoms with Crippen LogP contribution in [0.15, 0.2) is 70.0 Å². The fourth-order valence-corrected chi connectivity index (χ4v) is 6.81. The summed E-state index contributed by atoms with van der Waals surface area (Å²) in [5, 5.41) is 3.57. The van der Waals surface area contributed by atoms with Crippen LogP contribution in [-0.2, 0) is 26.2 Å². The molecule has 0 heterocycles. The minimum atomic E-state index is -4.24. The summed E-state index contributed by atoms with van der Waals surface area (Å²) >= 11 is 15.7. The highest BCUT2D eigenvalue weighted by molar-refractivity contribution is 9.10. The average Bonchev–Trinajstić information content (AvgIpc) is 2.96. The Labute approximate surface area is 272 Å². The molecule has 0 bridgehead atoms. The zero-order valence-electron chi connectivity index (χ0n) is 24.7. The van der Waals surface area contributed by atoms with E-state index in [4.69, 9.17) is 27.9 Å². The summed E-state index contributed by atoms with van der Waals surface area (Å²) in [5.74, 6) is -0.225. The monoisotopic (exact) mass is 711 g/mol. The lowest BCUT2D eigenvalue weighted by Gasteiger charge is -2.33. The molecule has 232 valence electrons. The van der Waals surface area contributed by atoms with E-state index in [9.17, 15) is 18.0 Å². The minimum Gasteiger partial charge on any atom is -0.496 e. The summed E-state index contributed by atoms with van der Waals surface area (Å²) in [6, 6.07) is 15.3. The Kier molecular flexibility index (Phi) is 12.3. The zero-order chi connectivity index (χ0) is 31.9. The molecule has 0 saturated carbocycles. The van der Waals surface area contributed by atoms with E-state index >= 15 is 0 Å². The molecule has 8 nitrogen and oxygen atoms in total. The summed E-state index contributed by atoms with van der Waals surface area (Å²) in [7, 11) is -2.76. The Morgan fingerprint density at radius 2 is 1.67 bits per heavy atom. The van der Waals surface area contributed by atoms with Crippen molar-refractivity contribution in [1.29, 1.82) is 0 Å². The number of rotatable bonds is 13. The molecular weight excluding hydrogens is 677 g/mol. The molecule has 43 heavy (non-hydrogen) atoms. The van der Waals surface area contributed by atoms with Crippen LogP contribution in [0, 0.1) is 12.8 Å². The molecule has 0 unspecified atom stereocenters. The molecule has 0 saturated heterocycles. The maximum Gasteiger partial charge on any atom is 0.264 e. The highest BCUT2D eigenvalue weighted by atomic mass is 79.9. The van der Waals surface area contributed by atoms with Gasteiger partial charge in [0.05, 0.1) is 32.2 Å². The number of anilines is 1. The maximum atomic E-state index is 14.2. The molecular formula is C31H36BrCl2N3O5S. The molecule has 0 spiro atoms. The fourth-order valence-electron chi connectivity index (χ4n) is 4.35. The van der Waals surface area contributed by atoms with Crippen molar-refractivity contribution in [3.05, 3.63) is 86.3 Å². The second-order valence-corrected chi connectivity index (χ2v) is 14.0. The largest absolute Gasteiger partial charge is 0.496 e. The van der Waals surface area contributed by atoms with Gasteiger partial charge in [-0.15, -0.1) is 0 Å². The number of hydrogen-bond acceptors (Lipinski definition) is 5. The van der Waals surface area contributed by atoms with Crippen molar-refractivity contribution in [2.45, 2.75) is 51.6 Å². The summed E-state index contributed by atoms with van der Waals surface area (Å²) in [4.78, 5) is 28.9. The van der Waals surface area contributed by atoms with Crippen molar-refractivity contribution in [2.75, 3.05) is 24.5 Å². The van der Waals surface area contributed by atoms with Gasteiger partial charge >= 0.3 is 0 Å². The maximum absolute atomic E-state index is 14.2. The van der Waals surface area contributed by atoms with Crippen LogP contribution in [-0.4, -0.2) is 51.4 Å². The molecule has 0 radical (unpaired) electrons. The van der Waals surface area contributed by atoms with Crippen molar-refractivity contribution in [1.82, 2.24) is 10.2 Å². The van der Waals surface area contributed by atoms with E-state index in [1.807, 2.05) is 20.8 Å². The van der Waals surface area contributed by atoms with Crippen LogP contribution < -0.4 is 14.4 Å². The van der Waals surface area contributed by atoms with Gasteiger partial charge in [-0.1, -0.05) is 67.7 Å². The Morgan fingerprint density at radius 3 is 2.23 bits per heavy atom. The van der Waals surface area contributed by atoms with E-state index in [1.165, 1.54) is 30.2 Å². The van der Waals surface area contributed by atoms with Gasteiger partial charge in [-0.2, -0.15) is 0 Å². The van der Waals surface area contributed by atoms with Gasteiger partial charge in [0, 0.05) is 13.1 Å². The van der Waals surface area contributed by atoms with Crippen molar-refractivity contribution in [3.63, 3.8) is 0 Å². The SMILES string of the molecule is CC[C@H](C(=O)NCC(C)C)N(Cc1ccc(Cl)c(Cl)c1)C(=O)CN(c1ccc(C)cc1)S(=O)(=O)c1ccc(OC)c(Br)c1. The third kappa shape index (κ3) is 8.88. The summed E-state index contributed by atoms with van der Waals surface area (Å²) in [6.45, 7) is 7.53. The number of methoxy groups -OCH3 is 1. The van der Waals surface area contributed by atoms with E-state index in [-0.39, 0.29) is 23.3 Å². The van der Waals surface area contributed by atoms with E-state index in [0.29, 0.717) is 44.5 Å². The summed E-state index contributed by atoms with van der Waals surface area (Å²) < 4.78 is 35.0. The number of nitrogens with zero attached hydrogens (tertiary/aromatic N) is 2. The normalized spacial score (nSPS) is 12.1. The number of halogens is 3. The number of sulfonamides is 1. The molecule has 3 rings (SSSR count). The van der Waals surface area contributed by atoms with Gasteiger partial charge in [-0.05, 0) is 83.2 Å². The fraction of sp³-hybridized carbons (Fsp3) is 0.355. The van der Waals surface area contributed by atoms with Crippen LogP contribution in [0.3, 0.4) is 0 Å². The molecule has 1 N–H and O–H groups in total. The Morgan fingerprint density at radius 1 is 1.00 bits per heavy atom. The second kappa shape index (κ2) is 15.3. The van der Waals surface area contributed by atoms with Gasteiger partial charge in [-0.25, -0.2) is 8.42 Å². The van der Waals surface area contributed by atoms with E-state index < -0.39 is 28.5 Å². The molecule has 0 fully saturated rings. The first-order valence-electron chi connectivity index (χ1n) is 13.7. The van der Waals surface area contributed by atoms with Crippen molar-refractivity contribution in [2.24, 2.45) is 5.92 Å². The molecule has 0 aromatic heterocycles. The number of nitrogens with one attached hydrogen (secondary N) is 1. The molecule has 2 amide bonds. The van der Waals surface area contributed by atoms with Gasteiger partial charge < -0.3 is 15.0 Å². The van der Waals surface area contributed by atoms with Gasteiger partial charge in [0.15, 0.2) is 0 Å². The standard InChI is InChI=1S/C31H36BrCl2N3O5S/c1-6-28(31(39)35-17-20(2)3)36(18-22-9-13-26(33)27(34)15-22)30(38)19-37(23-10-7-21(4)8-11-23)43(40,41)24-12-14-29(42-5)25(32)16-24/h7-16,20,28H,6,17-19H2,1-5H3,(H,35,39)/t28-/m1/s1. The molecule has 0 aliphatic rings. The van der Waals surface area contributed by atoms with Gasteiger partial charge in [-0.3, -0.25) is 13.9 Å². The summed E-state index contributed by atoms with van der Waals surface area (Å²) in [5.41, 5.74) is 1.87. The lowest BCUT2D eigenvalue weighted by molar-refractivity contribution is -0.140. The molecule has 1 atom stereocenters. The number of benzene rings is 3. The first kappa shape index (κ1) is 34.7. The average molecular weight is 714 g/mol. The third-order valence-electron chi connectivity index (χ3n) is 6.72. The molecule has 0 aliphatic carbocycles. The first-order valence-corrected chi connectivity index (χ1v) is 16.7. The van der Waals surface area contributed by atoms with Crippen LogP contribution in [0.25, 0.3) is 0 Å². The van der Waals surface area contributed by atoms with Crippen LogP contribution in [0.2, 0.25) is 10.0 Å². The van der Waals surface area contributed by atoms with Crippen molar-refractivity contribution in [3.8, 4) is 5.75 Å². The predicted octanol–water partition coefficient (Wildman–Crippen LogP) is 6.85. The molecule has 12 heteroatoms. The second-order valence-electron chi connectivity index (χ2n) is 10.5. The minimum absolute atomic E-state index is 0.0131. The lowest BCUT2D eigenvalue weighted by atomic mass is 10.1. The number of carbonyl (C=O) groups excluding carboxylic acids is 2. The Balaban J connectivity index is 2.08. The van der Waals surface area contributed by atoms with Crippen molar-refractivity contribution < 1.29 is 22.7 Å². The molecule has 3 aromatic carbocycles. The van der Waals surface area contributed by atoms with Gasteiger partial charge in [0.25, 0.3) is 10.0 Å². The van der Waals surface area contributed by atoms with E-state index in [2.05, 4.69) is 21.2 Å². The van der Waals surface area contributed by atoms with E-state index in [0.717, 1.165) is 9.87 Å². The smallest absolute Gasteiger partial charge is 0.264 e. The van der Waals surface area contributed by atoms with Crippen LogP contribution in [0.4, 0.5) is 5.69 Å². The zero-order valence-corrected chi connectivity index (χ0v) is 28.6. The van der Waals surface area contributed by atoms with Crippen LogP contribution in [0.1, 0.15) is 38.3 Å². The number of aryl methyl sites for hydroxylation is 1. The van der Waals surface area contributed by atoms with E-state index in [1.54, 1.807) is 49.4 Å². The van der Waals surface area contributed by atoms with Crippen LogP contribution in [0.5, 0.6) is 5.75 Å². The van der Waals surface area contributed by atoms with Crippen molar-refractivity contribution >= 4 is 66.7 Å². The molecule has 0 aliphatic heterocycles. The highest BCUT2D eigenvalue weighted by Crippen LogP contribution is 2.31. The van der Waals surface area contributed by atoms with Gasteiger partial charge in [0.2, 0.25) is 11.8 Å².